The van der Waals surface area contributed by atoms with E-state index < -0.39 is 5.60 Å². The van der Waals surface area contributed by atoms with Gasteiger partial charge in [0.1, 0.15) is 0 Å². The summed E-state index contributed by atoms with van der Waals surface area (Å²) in [6, 6.07) is 16.0. The average Bonchev–Trinajstić information content (AvgIpc) is 2.68. The molecular formula is C24H28BrClN2O2. The molecule has 1 saturated heterocycles. The van der Waals surface area contributed by atoms with Gasteiger partial charge >= 0.3 is 0 Å². The lowest BCUT2D eigenvalue weighted by atomic mass is 9.71. The van der Waals surface area contributed by atoms with Crippen LogP contribution in [0.3, 0.4) is 0 Å². The number of benzene rings is 2. The van der Waals surface area contributed by atoms with Crippen molar-refractivity contribution >= 4 is 38.4 Å². The number of halogens is 2. The molecule has 0 amide bonds. The van der Waals surface area contributed by atoms with Crippen molar-refractivity contribution in [2.24, 2.45) is 0 Å². The lowest BCUT2D eigenvalue weighted by Crippen LogP contribution is -2.50. The second-order valence-corrected chi connectivity index (χ2v) is 9.17. The molecule has 4 rings (SSSR count). The molecule has 3 unspecified atom stereocenters. The highest BCUT2D eigenvalue weighted by molar-refractivity contribution is 9.10. The van der Waals surface area contributed by atoms with Gasteiger partial charge in [0.25, 0.3) is 0 Å². The quantitative estimate of drug-likeness (QED) is 0.475. The van der Waals surface area contributed by atoms with Gasteiger partial charge in [0, 0.05) is 32.4 Å². The van der Waals surface area contributed by atoms with E-state index in [2.05, 4.69) is 34.2 Å². The minimum Gasteiger partial charge on any atom is -0.481 e. The van der Waals surface area contributed by atoms with E-state index in [0.717, 1.165) is 33.0 Å². The van der Waals surface area contributed by atoms with E-state index in [9.17, 15) is 5.11 Å². The van der Waals surface area contributed by atoms with Gasteiger partial charge in [-0.05, 0) is 68.3 Å². The van der Waals surface area contributed by atoms with Gasteiger partial charge in [0.05, 0.1) is 18.2 Å². The number of nitrogens with one attached hydrogen (secondary N) is 1. The van der Waals surface area contributed by atoms with Gasteiger partial charge in [0.2, 0.25) is 5.88 Å². The topological polar surface area (TPSA) is 54.4 Å². The van der Waals surface area contributed by atoms with Crippen LogP contribution in [0.5, 0.6) is 5.88 Å². The molecule has 0 aliphatic carbocycles. The molecular weight excluding hydrogens is 464 g/mol. The second-order valence-electron chi connectivity index (χ2n) is 7.82. The molecule has 0 bridgehead atoms. The van der Waals surface area contributed by atoms with E-state index in [0.29, 0.717) is 23.7 Å². The molecule has 2 N–H and O–H groups in total. The summed E-state index contributed by atoms with van der Waals surface area (Å²) in [5.74, 6) is 0.259. The minimum absolute atomic E-state index is 0. The first-order valence-corrected chi connectivity index (χ1v) is 10.9. The Kier molecular flexibility index (Phi) is 7.08. The number of aromatic nitrogens is 1. The summed E-state index contributed by atoms with van der Waals surface area (Å²) in [5.41, 5.74) is 1.82. The summed E-state index contributed by atoms with van der Waals surface area (Å²) in [5, 5.41) is 17.0. The van der Waals surface area contributed by atoms with Crippen LogP contribution in [0.1, 0.15) is 44.2 Å². The van der Waals surface area contributed by atoms with Crippen molar-refractivity contribution in [3.63, 3.8) is 0 Å². The van der Waals surface area contributed by atoms with Crippen LogP contribution >= 0.6 is 27.5 Å². The van der Waals surface area contributed by atoms with E-state index in [1.54, 1.807) is 7.11 Å². The Labute approximate surface area is 191 Å². The lowest BCUT2D eigenvalue weighted by Gasteiger charge is -2.42. The van der Waals surface area contributed by atoms with E-state index in [1.165, 1.54) is 0 Å². The smallest absolute Gasteiger partial charge is 0.217 e. The molecule has 160 valence electrons. The number of ether oxygens (including phenoxy) is 1. The van der Waals surface area contributed by atoms with Gasteiger partial charge in [0.15, 0.2) is 0 Å². The molecule has 0 radical (unpaired) electrons. The fourth-order valence-electron chi connectivity index (χ4n) is 4.45. The monoisotopic (exact) mass is 490 g/mol. The number of fused-ring (bicyclic) bond motifs is 1. The molecule has 4 nitrogen and oxygen atoms in total. The van der Waals surface area contributed by atoms with Gasteiger partial charge < -0.3 is 15.2 Å². The van der Waals surface area contributed by atoms with E-state index in [-0.39, 0.29) is 19.4 Å². The molecule has 3 atom stereocenters. The molecule has 1 aliphatic rings. The molecule has 6 heteroatoms. The maximum atomic E-state index is 11.9. The first kappa shape index (κ1) is 23.0. The van der Waals surface area contributed by atoms with Crippen molar-refractivity contribution in [3.8, 4) is 5.88 Å². The molecule has 1 fully saturated rings. The maximum Gasteiger partial charge on any atom is 0.217 e. The first-order valence-electron chi connectivity index (χ1n) is 9.75. The van der Waals surface area contributed by atoms with E-state index >= 15 is 0 Å². The number of pyridine rings is 1. The van der Waals surface area contributed by atoms with Crippen molar-refractivity contribution < 1.29 is 9.84 Å². The van der Waals surface area contributed by atoms with E-state index in [4.69, 9.17) is 21.3 Å². The summed E-state index contributed by atoms with van der Waals surface area (Å²) in [7, 11) is 1.63. The van der Waals surface area contributed by atoms with Crippen LogP contribution in [-0.2, 0) is 0 Å². The van der Waals surface area contributed by atoms with Gasteiger partial charge in [-0.3, -0.25) is 0 Å². The van der Waals surface area contributed by atoms with Crippen molar-refractivity contribution in [1.82, 2.24) is 10.3 Å². The Morgan fingerprint density at radius 1 is 1.23 bits per heavy atom. The highest BCUT2D eigenvalue weighted by atomic mass is 79.9. The van der Waals surface area contributed by atoms with Crippen molar-refractivity contribution in [3.05, 3.63) is 69.2 Å². The fourth-order valence-corrected chi connectivity index (χ4v) is 4.96. The maximum absolute atomic E-state index is 11.9. The number of methoxy groups -OCH3 is 1. The number of piperidine rings is 1. The SMILES string of the molecule is C.COc1nc2ccc(Br)cc2cc1C(c1ccc(Cl)cc1)C1(O)CCNC(C)C1. The predicted octanol–water partition coefficient (Wildman–Crippen LogP) is 5.93. The fraction of sp³-hybridized carbons (Fsp3) is 0.375. The zero-order valence-electron chi connectivity index (χ0n) is 16.5. The molecule has 0 spiro atoms. The van der Waals surface area contributed by atoms with Gasteiger partial charge in [-0.15, -0.1) is 0 Å². The van der Waals surface area contributed by atoms with E-state index in [1.807, 2.05) is 42.5 Å². The van der Waals surface area contributed by atoms with Crippen LogP contribution in [0.2, 0.25) is 5.02 Å². The van der Waals surface area contributed by atoms with Crippen LogP contribution in [0, 0.1) is 0 Å². The third-order valence-electron chi connectivity index (χ3n) is 5.72. The molecule has 1 aliphatic heterocycles. The van der Waals surface area contributed by atoms with Crippen molar-refractivity contribution in [2.45, 2.75) is 44.8 Å². The summed E-state index contributed by atoms with van der Waals surface area (Å²) < 4.78 is 6.68. The molecule has 1 aromatic heterocycles. The third kappa shape index (κ3) is 4.50. The van der Waals surface area contributed by atoms with Crippen molar-refractivity contribution in [1.29, 1.82) is 0 Å². The molecule has 0 saturated carbocycles. The third-order valence-corrected chi connectivity index (χ3v) is 6.47. The standard InChI is InChI=1S/C23H24BrClN2O2.CH4/c1-14-13-23(28,9-10-26-14)21(15-3-6-18(25)7-4-15)19-12-16-11-17(24)5-8-20(16)27-22(19)29-2;/h3-8,11-12,14,21,26,28H,9-10,13H2,1-2H3;1H4. The lowest BCUT2D eigenvalue weighted by molar-refractivity contribution is -0.0169. The Bertz CT molecular complexity index is 1030. The summed E-state index contributed by atoms with van der Waals surface area (Å²) in [6.07, 6.45) is 1.28. The Balaban J connectivity index is 0.00000256. The zero-order chi connectivity index (χ0) is 20.6. The highest BCUT2D eigenvalue weighted by Crippen LogP contribution is 2.45. The highest BCUT2D eigenvalue weighted by Gasteiger charge is 2.43. The molecule has 3 aromatic rings. The molecule has 2 aromatic carbocycles. The summed E-state index contributed by atoms with van der Waals surface area (Å²) in [4.78, 5) is 4.75. The summed E-state index contributed by atoms with van der Waals surface area (Å²) in [6.45, 7) is 2.87. The molecule has 2 heterocycles. The number of nitrogens with zero attached hydrogens (tertiary/aromatic N) is 1. The molecule has 30 heavy (non-hydrogen) atoms. The average molecular weight is 492 g/mol. The minimum atomic E-state index is -0.923. The van der Waals surface area contributed by atoms with Gasteiger partial charge in [-0.1, -0.05) is 47.1 Å². The van der Waals surface area contributed by atoms with Crippen LogP contribution in [-0.4, -0.2) is 35.4 Å². The Morgan fingerprint density at radius 2 is 1.97 bits per heavy atom. The van der Waals surface area contributed by atoms with Crippen LogP contribution < -0.4 is 10.1 Å². The second kappa shape index (κ2) is 9.23. The largest absolute Gasteiger partial charge is 0.481 e. The number of hydrogen-bond donors (Lipinski definition) is 2. The number of hydrogen-bond acceptors (Lipinski definition) is 4. The number of aliphatic hydroxyl groups is 1. The van der Waals surface area contributed by atoms with Crippen molar-refractivity contribution in [2.75, 3.05) is 13.7 Å². The van der Waals surface area contributed by atoms with Crippen LogP contribution in [0.4, 0.5) is 0 Å². The van der Waals surface area contributed by atoms with Crippen LogP contribution in [0.15, 0.2) is 53.0 Å². The number of rotatable bonds is 4. The zero-order valence-corrected chi connectivity index (χ0v) is 18.8. The normalized spacial score (nSPS) is 22.4. The summed E-state index contributed by atoms with van der Waals surface area (Å²) >= 11 is 9.69. The Morgan fingerprint density at radius 3 is 2.63 bits per heavy atom. The van der Waals surface area contributed by atoms with Gasteiger partial charge in [-0.25, -0.2) is 4.98 Å². The Hall–Kier alpha value is -1.66. The van der Waals surface area contributed by atoms with Gasteiger partial charge in [-0.2, -0.15) is 0 Å². The van der Waals surface area contributed by atoms with Crippen LogP contribution in [0.25, 0.3) is 10.9 Å². The first-order chi connectivity index (χ1) is 13.9. The predicted molar refractivity (Wildman–Crippen MR) is 128 cm³/mol.